The van der Waals surface area contributed by atoms with Gasteiger partial charge in [-0.1, -0.05) is 34.3 Å². The first-order valence-corrected chi connectivity index (χ1v) is 12.2. The van der Waals surface area contributed by atoms with Crippen molar-refractivity contribution < 1.29 is 14.2 Å². The Hall–Kier alpha value is -3.59. The number of rotatable bonds is 9. The molecule has 9 heteroatoms. The van der Waals surface area contributed by atoms with Crippen molar-refractivity contribution in [1.29, 1.82) is 0 Å². The van der Waals surface area contributed by atoms with Gasteiger partial charge in [0.15, 0.2) is 5.65 Å². The molecular weight excluding hydrogens is 471 g/mol. The number of aromatic nitrogens is 5. The molecule has 0 bridgehead atoms. The zero-order valence-electron chi connectivity index (χ0n) is 22.8. The predicted molar refractivity (Wildman–Crippen MR) is 144 cm³/mol. The third-order valence-corrected chi connectivity index (χ3v) is 5.41. The van der Waals surface area contributed by atoms with Gasteiger partial charge in [0.2, 0.25) is 0 Å². The first kappa shape index (κ1) is 28.0. The second-order valence-electron chi connectivity index (χ2n) is 10.8. The first-order valence-electron chi connectivity index (χ1n) is 12.2. The maximum atomic E-state index is 15.0. The largest absolute Gasteiger partial charge is 0.497 e. The monoisotopic (exact) mass is 508 g/mol. The Morgan fingerprint density at radius 1 is 1.19 bits per heavy atom. The van der Waals surface area contributed by atoms with E-state index in [0.717, 1.165) is 5.56 Å². The van der Waals surface area contributed by atoms with Crippen LogP contribution in [0.4, 0.5) is 4.39 Å². The molecule has 0 unspecified atom stereocenters. The van der Waals surface area contributed by atoms with Gasteiger partial charge < -0.3 is 14.4 Å². The van der Waals surface area contributed by atoms with Gasteiger partial charge in [-0.3, -0.25) is 9.67 Å². The average molecular weight is 509 g/mol. The van der Waals surface area contributed by atoms with Crippen molar-refractivity contribution in [3.8, 4) is 11.3 Å². The summed E-state index contributed by atoms with van der Waals surface area (Å²) in [6.45, 7) is 16.4. The van der Waals surface area contributed by atoms with Gasteiger partial charge in [0.05, 0.1) is 43.5 Å². The summed E-state index contributed by atoms with van der Waals surface area (Å²) in [7, 11) is 1.50. The molecule has 3 rings (SSSR count). The van der Waals surface area contributed by atoms with Crippen LogP contribution in [0.3, 0.4) is 0 Å². The van der Waals surface area contributed by atoms with E-state index in [4.69, 9.17) is 9.72 Å². The van der Waals surface area contributed by atoms with Crippen LogP contribution < -0.4 is 5.49 Å². The van der Waals surface area contributed by atoms with Crippen molar-refractivity contribution in [2.45, 2.75) is 66.7 Å². The number of aliphatic hydroxyl groups is 1. The Morgan fingerprint density at radius 3 is 2.54 bits per heavy atom. The number of nitrogens with zero attached hydrogens (tertiary/aromatic N) is 6. The molecule has 0 aliphatic rings. The van der Waals surface area contributed by atoms with E-state index in [2.05, 4.69) is 42.4 Å². The molecule has 3 heterocycles. The minimum absolute atomic E-state index is 0.106. The summed E-state index contributed by atoms with van der Waals surface area (Å²) in [4.78, 5) is 14.0. The highest BCUT2D eigenvalue weighted by molar-refractivity contribution is 5.73. The first-order chi connectivity index (χ1) is 17.3. The molecule has 0 aromatic carbocycles. The molecule has 0 fully saturated rings. The van der Waals surface area contributed by atoms with E-state index in [1.165, 1.54) is 13.3 Å². The van der Waals surface area contributed by atoms with Crippen LogP contribution in [0.25, 0.3) is 22.4 Å². The molecule has 37 heavy (non-hydrogen) atoms. The fraction of sp³-hybridized carbons (Fsp3) is 0.429. The molecule has 0 aliphatic heterocycles. The second kappa shape index (κ2) is 11.2. The van der Waals surface area contributed by atoms with Crippen LogP contribution in [0.5, 0.6) is 0 Å². The molecule has 0 saturated heterocycles. The normalized spacial score (nSPS) is 13.9. The van der Waals surface area contributed by atoms with Gasteiger partial charge in [-0.2, -0.15) is 5.10 Å². The van der Waals surface area contributed by atoms with Crippen LogP contribution in [0.15, 0.2) is 71.7 Å². The number of ether oxygens (including phenoxy) is 1. The summed E-state index contributed by atoms with van der Waals surface area (Å²) in [6, 6.07) is 3.65. The zero-order valence-corrected chi connectivity index (χ0v) is 22.8. The van der Waals surface area contributed by atoms with Crippen LogP contribution in [-0.2, 0) is 17.8 Å². The summed E-state index contributed by atoms with van der Waals surface area (Å²) < 4.78 is 23.7. The van der Waals surface area contributed by atoms with E-state index in [9.17, 15) is 9.50 Å². The van der Waals surface area contributed by atoms with E-state index >= 15 is 0 Å². The maximum Gasteiger partial charge on any atom is 0.160 e. The van der Waals surface area contributed by atoms with Crippen molar-refractivity contribution in [3.05, 3.63) is 72.2 Å². The van der Waals surface area contributed by atoms with Crippen LogP contribution in [-0.4, -0.2) is 42.1 Å². The van der Waals surface area contributed by atoms with E-state index in [1.54, 1.807) is 37.0 Å². The van der Waals surface area contributed by atoms with Crippen molar-refractivity contribution in [2.24, 2.45) is 10.4 Å². The molecule has 0 spiro atoms. The lowest BCUT2D eigenvalue weighted by molar-refractivity contribution is 0.0577. The van der Waals surface area contributed by atoms with Gasteiger partial charge in [0, 0.05) is 18.3 Å². The standard InChI is InChI=1S/C28H37FN6O2/c1-9-20(12-19(2)37-8)22(29)14-31-25-11-10-23-26(35(25)17-27(3,4)5)33-24(15-30-23)21-13-32-34(16-21)18-28(6,7)36/h10-16,36H,2,9,17-18H2,1,3-8H3/b20-12-,22-14-,31-25+. The maximum absolute atomic E-state index is 15.0. The molecular formula is C28H37FN6O2. The van der Waals surface area contributed by atoms with Crippen LogP contribution in [0, 0.1) is 5.41 Å². The lowest BCUT2D eigenvalue weighted by atomic mass is 9.97. The Bertz CT molecular complexity index is 1400. The highest BCUT2D eigenvalue weighted by Crippen LogP contribution is 2.22. The SMILES string of the molecule is C=C(\C=C(CC)/C(F)=C/N=c1\ccc2ncc(-c3cnn(CC(C)(C)O)c3)nc2n1CC(C)(C)C)OC. The Kier molecular flexibility index (Phi) is 8.48. The average Bonchev–Trinajstić information content (AvgIpc) is 3.27. The summed E-state index contributed by atoms with van der Waals surface area (Å²) in [6.07, 6.45) is 8.50. The summed E-state index contributed by atoms with van der Waals surface area (Å²) in [5.74, 6) is -0.0789. The van der Waals surface area contributed by atoms with Gasteiger partial charge in [-0.05, 0) is 49.5 Å². The van der Waals surface area contributed by atoms with Crippen molar-refractivity contribution in [3.63, 3.8) is 0 Å². The molecule has 198 valence electrons. The highest BCUT2D eigenvalue weighted by atomic mass is 19.1. The van der Waals surface area contributed by atoms with E-state index in [-0.39, 0.29) is 5.41 Å². The molecule has 1 N–H and O–H groups in total. The molecule has 0 amide bonds. The summed E-state index contributed by atoms with van der Waals surface area (Å²) in [5, 5.41) is 14.5. The van der Waals surface area contributed by atoms with E-state index in [1.807, 2.05) is 29.8 Å². The fourth-order valence-electron chi connectivity index (χ4n) is 3.72. The Morgan fingerprint density at radius 2 is 1.92 bits per heavy atom. The van der Waals surface area contributed by atoms with E-state index < -0.39 is 11.4 Å². The molecule has 0 atom stereocenters. The lowest BCUT2D eigenvalue weighted by Crippen LogP contribution is -2.28. The Balaban J connectivity index is 2.14. The summed E-state index contributed by atoms with van der Waals surface area (Å²) in [5.41, 5.74) is 2.77. The molecule has 0 aliphatic carbocycles. The van der Waals surface area contributed by atoms with Crippen molar-refractivity contribution in [2.75, 3.05) is 7.11 Å². The van der Waals surface area contributed by atoms with Crippen LogP contribution >= 0.6 is 0 Å². The minimum Gasteiger partial charge on any atom is -0.497 e. The third kappa shape index (κ3) is 7.69. The number of allylic oxidation sites excluding steroid dienone is 3. The molecule has 0 radical (unpaired) electrons. The summed E-state index contributed by atoms with van der Waals surface area (Å²) >= 11 is 0. The fourth-order valence-corrected chi connectivity index (χ4v) is 3.72. The molecule has 3 aromatic rings. The number of methoxy groups -OCH3 is 1. The van der Waals surface area contributed by atoms with Crippen LogP contribution in [0.1, 0.15) is 48.0 Å². The van der Waals surface area contributed by atoms with Gasteiger partial charge in [0.1, 0.15) is 22.6 Å². The topological polar surface area (TPSA) is 90.4 Å². The quantitative estimate of drug-likeness (QED) is 0.312. The minimum atomic E-state index is -0.892. The number of hydrogen-bond donors (Lipinski definition) is 1. The second-order valence-corrected chi connectivity index (χ2v) is 10.8. The predicted octanol–water partition coefficient (Wildman–Crippen LogP) is 5.32. The number of fused-ring (bicyclic) bond motifs is 1. The zero-order chi connectivity index (χ0) is 27.4. The molecule has 8 nitrogen and oxygen atoms in total. The van der Waals surface area contributed by atoms with Crippen molar-refractivity contribution >= 4 is 11.2 Å². The van der Waals surface area contributed by atoms with Gasteiger partial charge in [-0.25, -0.2) is 14.4 Å². The number of pyridine rings is 1. The number of hydrogen-bond acceptors (Lipinski definition) is 6. The number of halogens is 1. The van der Waals surface area contributed by atoms with Gasteiger partial charge in [0.25, 0.3) is 0 Å². The third-order valence-electron chi connectivity index (χ3n) is 5.41. The van der Waals surface area contributed by atoms with Crippen LogP contribution in [0.2, 0.25) is 0 Å². The van der Waals surface area contributed by atoms with E-state index in [0.29, 0.717) is 53.2 Å². The molecule has 0 saturated carbocycles. The van der Waals surface area contributed by atoms with Crippen molar-refractivity contribution in [1.82, 2.24) is 24.3 Å². The lowest BCUT2D eigenvalue weighted by Gasteiger charge is -2.21. The smallest absolute Gasteiger partial charge is 0.160 e. The van der Waals surface area contributed by atoms with Gasteiger partial charge >= 0.3 is 0 Å². The molecule has 3 aromatic heterocycles. The Labute approximate surface area is 217 Å². The van der Waals surface area contributed by atoms with Gasteiger partial charge in [-0.15, -0.1) is 0 Å². The highest BCUT2D eigenvalue weighted by Gasteiger charge is 2.17.